The van der Waals surface area contributed by atoms with E-state index in [4.69, 9.17) is 6.42 Å². The highest BCUT2D eigenvalue weighted by Crippen LogP contribution is 2.09. The summed E-state index contributed by atoms with van der Waals surface area (Å²) < 4.78 is 13.6. The zero-order chi connectivity index (χ0) is 18.1. The number of carbonyl (C=O) groups excluding carboxylic acids is 1. The molecule has 0 saturated heterocycles. The van der Waals surface area contributed by atoms with Crippen LogP contribution in [0.4, 0.5) is 10.1 Å². The number of carbonyl (C=O) groups is 1. The van der Waals surface area contributed by atoms with Crippen molar-refractivity contribution in [2.45, 2.75) is 6.54 Å². The highest BCUT2D eigenvalue weighted by Gasteiger charge is 2.06. The Morgan fingerprint density at radius 2 is 1.96 bits per heavy atom. The number of anilines is 1. The van der Waals surface area contributed by atoms with Crippen molar-refractivity contribution < 1.29 is 9.18 Å². The molecule has 2 rings (SSSR count). The topological polar surface area (TPSA) is 65.5 Å². The quantitative estimate of drug-likeness (QED) is 0.275. The van der Waals surface area contributed by atoms with Gasteiger partial charge in [0.05, 0.1) is 6.54 Å². The average Bonchev–Trinajstić information content (AvgIpc) is 2.63. The predicted octanol–water partition coefficient (Wildman–Crippen LogP) is 2.73. The fourth-order valence-electron chi connectivity index (χ4n) is 2.10. The molecular weight excluding hydrogens is 446 g/mol. The first-order valence-corrected chi connectivity index (χ1v) is 7.67. The summed E-state index contributed by atoms with van der Waals surface area (Å²) in [7, 11) is 1.57. The Bertz CT molecular complexity index is 817. The van der Waals surface area contributed by atoms with Crippen LogP contribution in [0.1, 0.15) is 11.1 Å². The number of hydrogen-bond acceptors (Lipinski definition) is 2. The lowest BCUT2D eigenvalue weighted by Crippen LogP contribution is -2.41. The van der Waals surface area contributed by atoms with Gasteiger partial charge in [0.2, 0.25) is 5.91 Å². The lowest BCUT2D eigenvalue weighted by atomic mass is 10.2. The minimum atomic E-state index is -0.295. The Balaban J connectivity index is 0.00000338. The molecule has 0 aliphatic carbocycles. The second-order valence-corrected chi connectivity index (χ2v) is 5.14. The first-order valence-electron chi connectivity index (χ1n) is 7.67. The van der Waals surface area contributed by atoms with E-state index in [1.165, 1.54) is 6.07 Å². The zero-order valence-electron chi connectivity index (χ0n) is 14.3. The number of nitrogens with zero attached hydrogens (tertiary/aromatic N) is 1. The van der Waals surface area contributed by atoms with E-state index in [9.17, 15) is 9.18 Å². The monoisotopic (exact) mass is 466 g/mol. The van der Waals surface area contributed by atoms with E-state index in [-0.39, 0.29) is 48.8 Å². The first-order chi connectivity index (χ1) is 12.1. The molecule has 0 saturated carbocycles. The highest BCUT2D eigenvalue weighted by atomic mass is 127. The van der Waals surface area contributed by atoms with E-state index in [0.717, 1.165) is 0 Å². The molecule has 0 heterocycles. The van der Waals surface area contributed by atoms with Crippen LogP contribution >= 0.6 is 24.0 Å². The maximum atomic E-state index is 13.6. The molecule has 2 aromatic rings. The number of aliphatic imine (C=N–C) groups is 1. The van der Waals surface area contributed by atoms with E-state index in [1.807, 2.05) is 0 Å². The molecule has 0 unspecified atom stereocenters. The number of hydrogen-bond donors (Lipinski definition) is 3. The summed E-state index contributed by atoms with van der Waals surface area (Å²) in [4.78, 5) is 16.0. The molecule has 3 N–H and O–H groups in total. The molecule has 0 spiro atoms. The van der Waals surface area contributed by atoms with E-state index < -0.39 is 0 Å². The van der Waals surface area contributed by atoms with E-state index in [2.05, 4.69) is 26.9 Å². The number of nitrogens with one attached hydrogen (secondary N) is 3. The number of terminal acetylenes is 1. The summed E-state index contributed by atoms with van der Waals surface area (Å²) in [5.74, 6) is 2.37. The van der Waals surface area contributed by atoms with Gasteiger partial charge in [0.25, 0.3) is 0 Å². The third-order valence-corrected chi connectivity index (χ3v) is 3.36. The van der Waals surface area contributed by atoms with Crippen LogP contribution in [0.2, 0.25) is 0 Å². The summed E-state index contributed by atoms with van der Waals surface area (Å²) in [6, 6.07) is 13.5. The summed E-state index contributed by atoms with van der Waals surface area (Å²) in [5, 5.41) is 8.57. The van der Waals surface area contributed by atoms with Crippen molar-refractivity contribution in [2.24, 2.45) is 4.99 Å². The van der Waals surface area contributed by atoms with E-state index in [0.29, 0.717) is 22.8 Å². The van der Waals surface area contributed by atoms with Crippen molar-refractivity contribution in [3.63, 3.8) is 0 Å². The molecule has 0 fully saturated rings. The maximum absolute atomic E-state index is 13.6. The fraction of sp³-hybridized carbons (Fsp3) is 0.158. The van der Waals surface area contributed by atoms with E-state index >= 15 is 0 Å². The van der Waals surface area contributed by atoms with Crippen molar-refractivity contribution in [2.75, 3.05) is 18.9 Å². The van der Waals surface area contributed by atoms with Crippen LogP contribution in [0.15, 0.2) is 53.5 Å². The Morgan fingerprint density at radius 3 is 2.65 bits per heavy atom. The fourth-order valence-corrected chi connectivity index (χ4v) is 2.10. The van der Waals surface area contributed by atoms with Gasteiger partial charge in [0.1, 0.15) is 5.82 Å². The normalized spacial score (nSPS) is 10.3. The summed E-state index contributed by atoms with van der Waals surface area (Å²) in [6.07, 6.45) is 5.33. The molecule has 2 aromatic carbocycles. The Hall–Kier alpha value is -2.60. The minimum Gasteiger partial charge on any atom is -0.352 e. The summed E-state index contributed by atoms with van der Waals surface area (Å²) >= 11 is 0. The third kappa shape index (κ3) is 6.72. The van der Waals surface area contributed by atoms with Crippen molar-refractivity contribution in [1.82, 2.24) is 10.6 Å². The molecule has 0 radical (unpaired) electrons. The van der Waals surface area contributed by atoms with Gasteiger partial charge in [-0.15, -0.1) is 30.4 Å². The number of amides is 1. The van der Waals surface area contributed by atoms with Gasteiger partial charge in [-0.2, -0.15) is 0 Å². The number of rotatable bonds is 5. The lowest BCUT2D eigenvalue weighted by molar-refractivity contribution is -0.115. The van der Waals surface area contributed by atoms with Crippen LogP contribution in [0, 0.1) is 18.2 Å². The first kappa shape index (κ1) is 21.4. The van der Waals surface area contributed by atoms with E-state index in [1.54, 1.807) is 49.5 Å². The van der Waals surface area contributed by atoms with Gasteiger partial charge in [-0.3, -0.25) is 9.79 Å². The van der Waals surface area contributed by atoms with Crippen LogP contribution in [0.25, 0.3) is 0 Å². The molecule has 0 aliphatic rings. The largest absolute Gasteiger partial charge is 0.352 e. The molecule has 26 heavy (non-hydrogen) atoms. The molecule has 0 aliphatic heterocycles. The van der Waals surface area contributed by atoms with Crippen LogP contribution in [-0.4, -0.2) is 25.5 Å². The Labute approximate surface area is 169 Å². The Kier molecular flexibility index (Phi) is 9.15. The highest BCUT2D eigenvalue weighted by molar-refractivity contribution is 14.0. The average molecular weight is 466 g/mol. The third-order valence-electron chi connectivity index (χ3n) is 3.36. The SMILES string of the molecule is C#Cc1cccc(NC(=O)CNC(=NC)NCc2ccccc2F)c1.I. The molecule has 0 aromatic heterocycles. The second kappa shape index (κ2) is 11.1. The van der Waals surface area contributed by atoms with Crippen LogP contribution in [-0.2, 0) is 11.3 Å². The molecule has 7 heteroatoms. The van der Waals surface area contributed by atoms with Crippen molar-refractivity contribution in [1.29, 1.82) is 0 Å². The summed E-state index contributed by atoms with van der Waals surface area (Å²) in [6.45, 7) is 0.273. The van der Waals surface area contributed by atoms with Gasteiger partial charge in [0.15, 0.2) is 5.96 Å². The van der Waals surface area contributed by atoms with Crippen LogP contribution in [0.3, 0.4) is 0 Å². The minimum absolute atomic E-state index is 0. The van der Waals surface area contributed by atoms with Crippen molar-refractivity contribution in [3.05, 3.63) is 65.5 Å². The van der Waals surface area contributed by atoms with Crippen LogP contribution < -0.4 is 16.0 Å². The number of benzene rings is 2. The Morgan fingerprint density at radius 1 is 1.19 bits per heavy atom. The molecule has 1 amide bonds. The van der Waals surface area contributed by atoms with Crippen molar-refractivity contribution in [3.8, 4) is 12.3 Å². The summed E-state index contributed by atoms with van der Waals surface area (Å²) in [5.41, 5.74) is 1.82. The molecule has 5 nitrogen and oxygen atoms in total. The number of guanidine groups is 1. The van der Waals surface area contributed by atoms with Gasteiger partial charge in [-0.25, -0.2) is 4.39 Å². The molecule has 0 atom stereocenters. The van der Waals surface area contributed by atoms with Gasteiger partial charge in [-0.1, -0.05) is 30.2 Å². The smallest absolute Gasteiger partial charge is 0.243 e. The predicted molar refractivity (Wildman–Crippen MR) is 113 cm³/mol. The molecular formula is C19H20FIN4O. The standard InChI is InChI=1S/C19H19FN4O.HI/c1-3-14-7-6-9-16(11-14)24-18(25)13-23-19(21-2)22-12-15-8-4-5-10-17(15)20;/h1,4-11H,12-13H2,2H3,(H,24,25)(H2,21,22,23);1H. The zero-order valence-corrected chi connectivity index (χ0v) is 16.6. The van der Waals surface area contributed by atoms with Gasteiger partial charge < -0.3 is 16.0 Å². The van der Waals surface area contributed by atoms with Gasteiger partial charge in [-0.05, 0) is 24.3 Å². The van der Waals surface area contributed by atoms with Gasteiger partial charge >= 0.3 is 0 Å². The maximum Gasteiger partial charge on any atom is 0.243 e. The molecule has 136 valence electrons. The lowest BCUT2D eigenvalue weighted by Gasteiger charge is -2.12. The van der Waals surface area contributed by atoms with Crippen LogP contribution in [0.5, 0.6) is 0 Å². The van der Waals surface area contributed by atoms with Gasteiger partial charge in [0, 0.05) is 30.4 Å². The number of halogens is 2. The second-order valence-electron chi connectivity index (χ2n) is 5.14. The molecule has 0 bridgehead atoms. The van der Waals surface area contributed by atoms with Crippen molar-refractivity contribution >= 4 is 41.5 Å².